The first-order chi connectivity index (χ1) is 8.65. The van der Waals surface area contributed by atoms with Crippen LogP contribution in [0.3, 0.4) is 0 Å². The fourth-order valence-corrected chi connectivity index (χ4v) is 1.76. The van der Waals surface area contributed by atoms with Crippen molar-refractivity contribution in [3.05, 3.63) is 39.9 Å². The average molecular weight is 250 g/mol. The molecule has 1 aliphatic rings. The molecule has 0 N–H and O–H groups in total. The molecule has 2 rings (SSSR count). The maximum absolute atomic E-state index is 11.5. The van der Waals surface area contributed by atoms with Gasteiger partial charge in [-0.25, -0.2) is 9.79 Å². The summed E-state index contributed by atoms with van der Waals surface area (Å²) in [5, 5.41) is 10.9. The van der Waals surface area contributed by atoms with Crippen LogP contribution in [0.2, 0.25) is 0 Å². The number of methoxy groups -OCH3 is 1. The van der Waals surface area contributed by atoms with Crippen LogP contribution in [0.15, 0.2) is 29.3 Å². The molecule has 0 saturated heterocycles. The molecule has 1 aromatic carbocycles. The Kier molecular flexibility index (Phi) is 3.22. The molecule has 2 atom stereocenters. The van der Waals surface area contributed by atoms with Gasteiger partial charge in [-0.1, -0.05) is 12.1 Å². The third kappa shape index (κ3) is 2.02. The second kappa shape index (κ2) is 4.82. The number of ether oxygens (including phenoxy) is 2. The molecule has 0 aliphatic carbocycles. The van der Waals surface area contributed by atoms with E-state index in [2.05, 4.69) is 9.73 Å². The summed E-state index contributed by atoms with van der Waals surface area (Å²) in [6, 6.07) is 5.16. The van der Waals surface area contributed by atoms with Gasteiger partial charge < -0.3 is 9.47 Å². The van der Waals surface area contributed by atoms with E-state index in [0.29, 0.717) is 5.56 Å². The summed E-state index contributed by atoms with van der Waals surface area (Å²) in [4.78, 5) is 25.7. The highest BCUT2D eigenvalue weighted by Gasteiger charge is 2.38. The predicted octanol–water partition coefficient (Wildman–Crippen LogP) is 1.24. The number of aliphatic imine (C=N–C) groups is 1. The smallest absolute Gasteiger partial charge is 0.335 e. The number of esters is 1. The molecular formula is C11H10N2O5. The molecule has 0 spiro atoms. The highest BCUT2D eigenvalue weighted by molar-refractivity contribution is 5.80. The van der Waals surface area contributed by atoms with Gasteiger partial charge in [0.2, 0.25) is 0 Å². The molecule has 0 fully saturated rings. The van der Waals surface area contributed by atoms with E-state index in [1.54, 1.807) is 12.1 Å². The number of hydrogen-bond donors (Lipinski definition) is 0. The van der Waals surface area contributed by atoms with E-state index >= 15 is 0 Å². The van der Waals surface area contributed by atoms with Gasteiger partial charge in [-0.05, 0) is 6.07 Å². The quantitative estimate of drug-likeness (QED) is 0.457. The molecule has 0 unspecified atom stereocenters. The first-order valence-electron chi connectivity index (χ1n) is 5.13. The Morgan fingerprint density at radius 2 is 2.22 bits per heavy atom. The standard InChI is InChI=1S/C11H10N2O5/c1-17-11(14)9-10(18-6-12-9)7-4-2-3-5-8(7)13(15)16/h2-6,9-10H,1H3/t9-,10-/m0/s1. The van der Waals surface area contributed by atoms with Crippen molar-refractivity contribution < 1.29 is 19.2 Å². The molecule has 1 aliphatic heterocycles. The summed E-state index contributed by atoms with van der Waals surface area (Å²) in [6.45, 7) is 0. The normalized spacial score (nSPS) is 21.4. The lowest BCUT2D eigenvalue weighted by molar-refractivity contribution is -0.386. The van der Waals surface area contributed by atoms with E-state index in [9.17, 15) is 14.9 Å². The largest absolute Gasteiger partial charge is 0.472 e. The van der Waals surface area contributed by atoms with Crippen molar-refractivity contribution in [3.63, 3.8) is 0 Å². The fourth-order valence-electron chi connectivity index (χ4n) is 1.76. The van der Waals surface area contributed by atoms with Gasteiger partial charge in [-0.3, -0.25) is 10.1 Å². The van der Waals surface area contributed by atoms with Gasteiger partial charge in [0.15, 0.2) is 18.5 Å². The maximum atomic E-state index is 11.5. The number of para-hydroxylation sites is 1. The zero-order valence-corrected chi connectivity index (χ0v) is 9.48. The summed E-state index contributed by atoms with van der Waals surface area (Å²) >= 11 is 0. The lowest BCUT2D eigenvalue weighted by Crippen LogP contribution is -2.25. The third-order valence-electron chi connectivity index (χ3n) is 2.60. The van der Waals surface area contributed by atoms with Gasteiger partial charge in [0.1, 0.15) is 0 Å². The molecule has 0 radical (unpaired) electrons. The summed E-state index contributed by atoms with van der Waals surface area (Å²) < 4.78 is 9.75. The molecule has 94 valence electrons. The Hall–Kier alpha value is -2.44. The zero-order valence-electron chi connectivity index (χ0n) is 9.48. The molecule has 0 bridgehead atoms. The molecule has 1 heterocycles. The van der Waals surface area contributed by atoms with Crippen molar-refractivity contribution in [3.8, 4) is 0 Å². The van der Waals surface area contributed by atoms with Crippen LogP contribution in [0.4, 0.5) is 5.69 Å². The van der Waals surface area contributed by atoms with Gasteiger partial charge in [0.25, 0.3) is 5.69 Å². The Morgan fingerprint density at radius 1 is 1.50 bits per heavy atom. The van der Waals surface area contributed by atoms with E-state index in [1.165, 1.54) is 19.2 Å². The van der Waals surface area contributed by atoms with Crippen LogP contribution in [0.25, 0.3) is 0 Å². The van der Waals surface area contributed by atoms with Gasteiger partial charge >= 0.3 is 5.97 Å². The van der Waals surface area contributed by atoms with Gasteiger partial charge in [-0.15, -0.1) is 0 Å². The van der Waals surface area contributed by atoms with Gasteiger partial charge in [0.05, 0.1) is 17.6 Å². The van der Waals surface area contributed by atoms with Crippen LogP contribution in [0.5, 0.6) is 0 Å². The van der Waals surface area contributed by atoms with E-state index in [4.69, 9.17) is 4.74 Å². The third-order valence-corrected chi connectivity index (χ3v) is 2.60. The SMILES string of the molecule is COC(=O)[C@H]1N=CO[C@H]1c1ccccc1[N+](=O)[O-]. The molecule has 0 amide bonds. The highest BCUT2D eigenvalue weighted by Crippen LogP contribution is 2.33. The minimum atomic E-state index is -0.906. The molecular weight excluding hydrogens is 240 g/mol. The monoisotopic (exact) mass is 250 g/mol. The number of carbonyl (C=O) groups is 1. The van der Waals surface area contributed by atoms with Crippen LogP contribution < -0.4 is 0 Å². The van der Waals surface area contributed by atoms with Gasteiger partial charge in [-0.2, -0.15) is 0 Å². The number of carbonyl (C=O) groups excluding carboxylic acids is 1. The van der Waals surface area contributed by atoms with E-state index in [1.807, 2.05) is 0 Å². The van der Waals surface area contributed by atoms with Crippen LogP contribution in [-0.2, 0) is 14.3 Å². The number of nitrogens with zero attached hydrogens (tertiary/aromatic N) is 2. The molecule has 0 aromatic heterocycles. The van der Waals surface area contributed by atoms with E-state index < -0.39 is 23.0 Å². The second-order valence-corrected chi connectivity index (χ2v) is 3.60. The molecule has 18 heavy (non-hydrogen) atoms. The highest BCUT2D eigenvalue weighted by atomic mass is 16.6. The molecule has 7 nitrogen and oxygen atoms in total. The van der Waals surface area contributed by atoms with Crippen LogP contribution in [0, 0.1) is 10.1 Å². The summed E-state index contributed by atoms with van der Waals surface area (Å²) in [6.07, 6.45) is 0.294. The van der Waals surface area contributed by atoms with Crippen molar-refractivity contribution in [1.29, 1.82) is 0 Å². The van der Waals surface area contributed by atoms with Crippen molar-refractivity contribution in [2.24, 2.45) is 4.99 Å². The summed E-state index contributed by atoms with van der Waals surface area (Å²) in [5.74, 6) is -0.591. The first kappa shape index (κ1) is 12.0. The number of nitro groups is 1. The minimum Gasteiger partial charge on any atom is -0.472 e. The zero-order chi connectivity index (χ0) is 13.1. The van der Waals surface area contributed by atoms with Crippen LogP contribution >= 0.6 is 0 Å². The molecule has 7 heteroatoms. The van der Waals surface area contributed by atoms with E-state index in [-0.39, 0.29) is 5.69 Å². The minimum absolute atomic E-state index is 0.109. The lowest BCUT2D eigenvalue weighted by Gasteiger charge is -2.15. The summed E-state index contributed by atoms with van der Waals surface area (Å²) in [7, 11) is 1.23. The van der Waals surface area contributed by atoms with Crippen molar-refractivity contribution in [2.45, 2.75) is 12.1 Å². The second-order valence-electron chi connectivity index (χ2n) is 3.60. The van der Waals surface area contributed by atoms with Crippen molar-refractivity contribution in [2.75, 3.05) is 7.11 Å². The topological polar surface area (TPSA) is 91.0 Å². The molecule has 1 aromatic rings. The number of nitro benzene ring substituents is 1. The lowest BCUT2D eigenvalue weighted by atomic mass is 10.0. The Morgan fingerprint density at radius 3 is 2.89 bits per heavy atom. The Bertz CT molecular complexity index is 514. The van der Waals surface area contributed by atoms with Gasteiger partial charge in [0, 0.05) is 6.07 Å². The van der Waals surface area contributed by atoms with Crippen molar-refractivity contribution >= 4 is 18.1 Å². The Balaban J connectivity index is 2.37. The maximum Gasteiger partial charge on any atom is 0.335 e. The predicted molar refractivity (Wildman–Crippen MR) is 61.2 cm³/mol. The van der Waals surface area contributed by atoms with E-state index in [0.717, 1.165) is 6.40 Å². The first-order valence-corrected chi connectivity index (χ1v) is 5.13. The summed E-state index contributed by atoms with van der Waals surface area (Å²) in [5.41, 5.74) is 0.192. The number of hydrogen-bond acceptors (Lipinski definition) is 6. The number of rotatable bonds is 3. The fraction of sp³-hybridized carbons (Fsp3) is 0.273. The average Bonchev–Trinajstić information content (AvgIpc) is 2.86. The number of benzene rings is 1. The van der Waals surface area contributed by atoms with Crippen LogP contribution in [0.1, 0.15) is 11.7 Å². The molecule has 0 saturated carbocycles. The van der Waals surface area contributed by atoms with Crippen molar-refractivity contribution in [1.82, 2.24) is 0 Å². The Labute approximate surface area is 102 Å². The van der Waals surface area contributed by atoms with Crippen LogP contribution in [-0.4, -0.2) is 30.4 Å².